The van der Waals surface area contributed by atoms with Gasteiger partial charge in [0.25, 0.3) is 0 Å². The number of hydrogen-bond donors (Lipinski definition) is 7. The smallest absolute Gasteiger partial charge is 0.394 e. The van der Waals surface area contributed by atoms with E-state index in [1.165, 1.54) is 41.7 Å². The van der Waals surface area contributed by atoms with E-state index in [0.717, 1.165) is 9.13 Å². The van der Waals surface area contributed by atoms with Crippen LogP contribution in [0.3, 0.4) is 0 Å². The molecule has 11 atom stereocenters. The maximum absolute atomic E-state index is 13.3. The quantitative estimate of drug-likeness (QED) is 0.0697. The number of aliphatic hydroxyl groups excluding tert-OH is 2. The summed E-state index contributed by atoms with van der Waals surface area (Å²) >= 11 is 0. The summed E-state index contributed by atoms with van der Waals surface area (Å²) < 4.78 is 68.8. The third-order valence-corrected chi connectivity index (χ3v) is 11.1. The summed E-state index contributed by atoms with van der Waals surface area (Å²) in [6.07, 6.45) is -5.76. The van der Waals surface area contributed by atoms with Crippen molar-refractivity contribution in [1.82, 2.24) is 38.6 Å². The Labute approximate surface area is 313 Å². The average Bonchev–Trinajstić information content (AvgIpc) is 3.92. The molecule has 3 aliphatic rings. The molecule has 26 nitrogen and oxygen atoms in total. The minimum Gasteiger partial charge on any atom is -0.394 e. The minimum absolute atomic E-state index is 0.0165. The number of anilines is 3. The third-order valence-electron chi connectivity index (χ3n) is 9.11. The Balaban J connectivity index is 1.03. The molecule has 10 N–H and O–H groups in total. The highest BCUT2D eigenvalue weighted by molar-refractivity contribution is 7.47. The highest BCUT2D eigenvalue weighted by Crippen LogP contribution is 2.52. The Kier molecular flexibility index (Phi) is 11.4. The Morgan fingerprint density at radius 2 is 1.27 bits per heavy atom. The van der Waals surface area contributed by atoms with Gasteiger partial charge in [-0.05, 0) is 12.1 Å². The molecule has 0 amide bonds. The van der Waals surface area contributed by atoms with Gasteiger partial charge >= 0.3 is 27.0 Å². The lowest BCUT2D eigenvalue weighted by atomic mass is 10.2. The number of nitrogens with zero attached hydrogens (tertiary/aromatic N) is 8. The third kappa shape index (κ3) is 8.67. The Morgan fingerprint density at radius 3 is 1.86 bits per heavy atom. The topological polar surface area (TPSA) is 371 Å². The lowest BCUT2D eigenvalue weighted by molar-refractivity contribution is -0.0609. The van der Waals surface area contributed by atoms with E-state index >= 15 is 0 Å². The summed E-state index contributed by atoms with van der Waals surface area (Å²) in [7, 11) is -10.0. The van der Waals surface area contributed by atoms with Crippen LogP contribution in [0, 0.1) is 0 Å². The number of ether oxygens (including phenoxy) is 3. The van der Waals surface area contributed by atoms with Crippen LogP contribution in [0.15, 0.2) is 46.8 Å². The fourth-order valence-electron chi connectivity index (χ4n) is 6.42. The van der Waals surface area contributed by atoms with Gasteiger partial charge in [0.1, 0.15) is 72.7 Å². The number of aromatic nitrogens is 8. The van der Waals surface area contributed by atoms with E-state index in [0.29, 0.717) is 0 Å². The molecule has 2 unspecified atom stereocenters. The van der Waals surface area contributed by atoms with Crippen molar-refractivity contribution in [3.05, 3.63) is 58.1 Å². The van der Waals surface area contributed by atoms with Gasteiger partial charge in [-0.3, -0.25) is 31.8 Å². The first kappa shape index (κ1) is 39.9. The predicted octanol–water partition coefficient (Wildman–Crippen LogP) is -1.69. The summed E-state index contributed by atoms with van der Waals surface area (Å²) in [5, 5.41) is 20.4. The highest BCUT2D eigenvalue weighted by atomic mass is 31.2. The summed E-state index contributed by atoms with van der Waals surface area (Å²) in [6.45, 7) is -2.06. The van der Waals surface area contributed by atoms with Crippen molar-refractivity contribution in [3.63, 3.8) is 0 Å². The highest BCUT2D eigenvalue weighted by Gasteiger charge is 2.46. The van der Waals surface area contributed by atoms with Crippen molar-refractivity contribution in [1.29, 1.82) is 0 Å². The normalized spacial score (nSPS) is 30.1. The Hall–Kier alpha value is -4.27. The van der Waals surface area contributed by atoms with Crippen LogP contribution >= 0.6 is 15.6 Å². The molecule has 4 aromatic heterocycles. The first-order chi connectivity index (χ1) is 26.6. The van der Waals surface area contributed by atoms with Crippen LogP contribution in [0.1, 0.15) is 37.9 Å². The average molecular weight is 830 g/mol. The second kappa shape index (κ2) is 15.9. The fourth-order valence-corrected chi connectivity index (χ4v) is 8.34. The van der Waals surface area contributed by atoms with E-state index in [2.05, 4.69) is 24.9 Å². The minimum atomic E-state index is -5.01. The SMILES string of the molecule is Nc1ccn([C@H]2C[C@H](OP(=O)(O)OC[C@H]3O[C@@H](n4cnc5c(N)ncnc54)C[C@@H]3OP(=O)(O)OC[C@H]3O[C@@H](n4ccc(N)nc4=O)C[C@@H]3O)[C@@H](CO)O2)c(=O)n1. The molecule has 304 valence electrons. The van der Waals surface area contributed by atoms with E-state index in [9.17, 15) is 38.7 Å². The van der Waals surface area contributed by atoms with Crippen LogP contribution in [0.5, 0.6) is 0 Å². The van der Waals surface area contributed by atoms with Crippen LogP contribution in [0.4, 0.5) is 17.5 Å². The van der Waals surface area contributed by atoms with Crippen molar-refractivity contribution in [2.45, 2.75) is 74.6 Å². The number of imidazole rings is 1. The van der Waals surface area contributed by atoms with Crippen LogP contribution in [-0.4, -0.2) is 115 Å². The molecule has 4 aromatic rings. The van der Waals surface area contributed by atoms with E-state index in [1.807, 2.05) is 0 Å². The van der Waals surface area contributed by atoms with E-state index in [4.69, 9.17) is 49.5 Å². The summed E-state index contributed by atoms with van der Waals surface area (Å²) in [5.41, 5.74) is 16.0. The first-order valence-electron chi connectivity index (χ1n) is 16.8. The number of nitrogens with two attached hydrogens (primary N) is 3. The second-order valence-corrected chi connectivity index (χ2v) is 15.6. The van der Waals surface area contributed by atoms with E-state index in [1.54, 1.807) is 0 Å². The van der Waals surface area contributed by atoms with Gasteiger partial charge in [0, 0.05) is 31.7 Å². The first-order valence-corrected chi connectivity index (χ1v) is 19.8. The molecule has 7 heterocycles. The number of nitrogen functional groups attached to an aromatic ring is 3. The lowest BCUT2D eigenvalue weighted by Crippen LogP contribution is -2.31. The zero-order valence-electron chi connectivity index (χ0n) is 28.9. The van der Waals surface area contributed by atoms with Crippen molar-refractivity contribution in [3.8, 4) is 0 Å². The Bertz CT molecular complexity index is 2280. The molecule has 0 aliphatic carbocycles. The van der Waals surface area contributed by atoms with Gasteiger partial charge in [-0.15, -0.1) is 0 Å². The maximum atomic E-state index is 13.3. The second-order valence-electron chi connectivity index (χ2n) is 12.8. The number of fused-ring (bicyclic) bond motifs is 1. The van der Waals surface area contributed by atoms with Gasteiger partial charge in [0.2, 0.25) is 0 Å². The molecular weight excluding hydrogens is 792 g/mol. The zero-order chi connectivity index (χ0) is 39.9. The number of phosphoric acid groups is 2. The van der Waals surface area contributed by atoms with Gasteiger partial charge < -0.3 is 51.4 Å². The van der Waals surface area contributed by atoms with Gasteiger partial charge in [0.15, 0.2) is 11.5 Å². The number of aliphatic hydroxyl groups is 2. The summed E-state index contributed by atoms with van der Waals surface area (Å²) in [6, 6.07) is 2.70. The molecule has 0 saturated carbocycles. The van der Waals surface area contributed by atoms with Crippen LogP contribution in [-0.2, 0) is 41.4 Å². The molecule has 3 saturated heterocycles. The predicted molar refractivity (Wildman–Crippen MR) is 186 cm³/mol. The largest absolute Gasteiger partial charge is 0.472 e. The van der Waals surface area contributed by atoms with Gasteiger partial charge in [-0.1, -0.05) is 0 Å². The summed E-state index contributed by atoms with van der Waals surface area (Å²) in [5.74, 6) is 0.0174. The number of phosphoric ester groups is 2. The molecule has 0 spiro atoms. The van der Waals surface area contributed by atoms with Gasteiger partial charge in [-0.25, -0.2) is 33.7 Å². The molecule has 0 bridgehead atoms. The zero-order valence-corrected chi connectivity index (χ0v) is 30.7. The van der Waals surface area contributed by atoms with Crippen molar-refractivity contribution in [2.75, 3.05) is 37.0 Å². The van der Waals surface area contributed by atoms with Crippen LogP contribution in [0.2, 0.25) is 0 Å². The molecule has 0 aromatic carbocycles. The van der Waals surface area contributed by atoms with E-state index < -0.39 is 102 Å². The molecular formula is C28H37N11O15P2. The molecule has 28 heteroatoms. The van der Waals surface area contributed by atoms with E-state index in [-0.39, 0.29) is 47.9 Å². The number of hydrogen-bond acceptors (Lipinski definition) is 21. The molecule has 0 radical (unpaired) electrons. The number of rotatable bonds is 14. The molecule has 3 fully saturated rings. The van der Waals surface area contributed by atoms with Crippen molar-refractivity contribution < 1.29 is 61.4 Å². The lowest BCUT2D eigenvalue weighted by Gasteiger charge is -2.24. The monoisotopic (exact) mass is 829 g/mol. The molecule has 7 rings (SSSR count). The van der Waals surface area contributed by atoms with Gasteiger partial charge in [-0.2, -0.15) is 9.97 Å². The van der Waals surface area contributed by atoms with Crippen molar-refractivity contribution >= 4 is 44.3 Å². The fraction of sp³-hybridized carbons (Fsp3) is 0.536. The molecule has 56 heavy (non-hydrogen) atoms. The van der Waals surface area contributed by atoms with Gasteiger partial charge in [0.05, 0.1) is 32.3 Å². The van der Waals surface area contributed by atoms with Crippen LogP contribution < -0.4 is 28.6 Å². The standard InChI is InChI=1S/C28H37N11O15P2/c29-19-1-3-37(27(42)35-19)21-5-13(41)17(51-21)9-48-55(44,45)54-15-7-23(39-12-34-24-25(31)32-11-33-26(24)39)52-18(15)10-49-56(46,47)53-14-6-22(50-16(14)8-40)38-4-2-20(30)36-28(38)43/h1-4,11-18,21-23,40-41H,5-10H2,(H,44,45)(H,46,47)(H2,29,35,42)(H2,30,36,43)(H2,31,32,33)/t13-,14-,15-,16+,17+,18+,21+,22+,23+/m0/s1. The van der Waals surface area contributed by atoms with Crippen LogP contribution in [0.25, 0.3) is 11.2 Å². The van der Waals surface area contributed by atoms with Crippen molar-refractivity contribution in [2.24, 2.45) is 0 Å². The Morgan fingerprint density at radius 1 is 0.750 bits per heavy atom. The summed E-state index contributed by atoms with van der Waals surface area (Å²) in [4.78, 5) is 65.6. The molecule has 3 aliphatic heterocycles. The maximum Gasteiger partial charge on any atom is 0.472 e.